The lowest BCUT2D eigenvalue weighted by Crippen LogP contribution is -2.13. The van der Waals surface area contributed by atoms with Crippen LogP contribution < -0.4 is 5.43 Å². The summed E-state index contributed by atoms with van der Waals surface area (Å²) in [4.78, 5) is 20.6. The highest BCUT2D eigenvalue weighted by Crippen LogP contribution is 2.29. The standard InChI is InChI=1S/C16H14N4O4/c21-19(22)12-8-9-15(16(10-12)20(23)24)18-17-14-7-3-5-11-4-1-2-6-13(11)14/h1-2,4,6,8-10,18H,3,5,7H2/b17-14+. The lowest BCUT2D eigenvalue weighted by molar-refractivity contribution is -0.393. The summed E-state index contributed by atoms with van der Waals surface area (Å²) in [6, 6.07) is 11.3. The molecular weight excluding hydrogens is 312 g/mol. The van der Waals surface area contributed by atoms with E-state index in [9.17, 15) is 20.2 Å². The van der Waals surface area contributed by atoms with Gasteiger partial charge in [-0.3, -0.25) is 25.7 Å². The molecule has 0 aliphatic heterocycles. The Morgan fingerprint density at radius 1 is 1.00 bits per heavy atom. The molecule has 0 unspecified atom stereocenters. The summed E-state index contributed by atoms with van der Waals surface area (Å²) in [6.07, 6.45) is 2.71. The maximum atomic E-state index is 11.1. The number of hydrazone groups is 1. The molecule has 2 aromatic carbocycles. The van der Waals surface area contributed by atoms with Crippen LogP contribution in [0.4, 0.5) is 17.1 Å². The van der Waals surface area contributed by atoms with E-state index in [2.05, 4.69) is 10.5 Å². The summed E-state index contributed by atoms with van der Waals surface area (Å²) in [7, 11) is 0. The summed E-state index contributed by atoms with van der Waals surface area (Å²) in [5.74, 6) is 0. The Kier molecular flexibility index (Phi) is 4.19. The lowest BCUT2D eigenvalue weighted by Gasteiger charge is -2.17. The molecule has 0 fully saturated rings. The summed E-state index contributed by atoms with van der Waals surface area (Å²) in [5, 5.41) is 26.2. The zero-order valence-corrected chi connectivity index (χ0v) is 12.6. The smallest absolute Gasteiger partial charge is 0.271 e. The third-order valence-electron chi connectivity index (χ3n) is 3.89. The van der Waals surface area contributed by atoms with Gasteiger partial charge >= 0.3 is 5.69 Å². The van der Waals surface area contributed by atoms with Crippen LogP contribution in [0.1, 0.15) is 24.0 Å². The number of nitrogens with zero attached hydrogens (tertiary/aromatic N) is 3. The van der Waals surface area contributed by atoms with E-state index in [-0.39, 0.29) is 17.1 Å². The number of non-ortho nitro benzene ring substituents is 1. The molecule has 1 aliphatic rings. The molecule has 0 saturated carbocycles. The van der Waals surface area contributed by atoms with Gasteiger partial charge in [0.1, 0.15) is 5.69 Å². The highest BCUT2D eigenvalue weighted by atomic mass is 16.6. The average molecular weight is 326 g/mol. The molecule has 0 spiro atoms. The Morgan fingerprint density at radius 3 is 2.54 bits per heavy atom. The number of fused-ring (bicyclic) bond motifs is 1. The van der Waals surface area contributed by atoms with Crippen LogP contribution in [0.25, 0.3) is 0 Å². The van der Waals surface area contributed by atoms with Crippen molar-refractivity contribution in [2.24, 2.45) is 5.10 Å². The molecule has 1 aliphatic carbocycles. The molecule has 0 saturated heterocycles. The fraction of sp³-hybridized carbons (Fsp3) is 0.188. The second-order valence-corrected chi connectivity index (χ2v) is 5.40. The molecule has 0 bridgehead atoms. The summed E-state index contributed by atoms with van der Waals surface area (Å²) in [6.45, 7) is 0. The molecular formula is C16H14N4O4. The number of benzene rings is 2. The molecule has 1 N–H and O–H groups in total. The Bertz CT molecular complexity index is 848. The molecule has 2 aromatic rings. The Hall–Kier alpha value is -3.29. The molecule has 3 rings (SSSR count). The molecule has 24 heavy (non-hydrogen) atoms. The Labute approximate surface area is 137 Å². The van der Waals surface area contributed by atoms with Gasteiger partial charge in [0, 0.05) is 11.6 Å². The first-order valence-electron chi connectivity index (χ1n) is 7.40. The van der Waals surface area contributed by atoms with Crippen molar-refractivity contribution in [3.63, 3.8) is 0 Å². The number of nitrogens with one attached hydrogen (secondary N) is 1. The molecule has 122 valence electrons. The highest BCUT2D eigenvalue weighted by Gasteiger charge is 2.20. The molecule has 0 aromatic heterocycles. The number of nitro groups is 2. The van der Waals surface area contributed by atoms with Gasteiger partial charge in [0.25, 0.3) is 5.69 Å². The monoisotopic (exact) mass is 326 g/mol. The number of rotatable bonds is 4. The minimum atomic E-state index is -0.667. The van der Waals surface area contributed by atoms with Crippen molar-refractivity contribution in [1.29, 1.82) is 0 Å². The summed E-state index contributed by atoms with van der Waals surface area (Å²) >= 11 is 0. The van der Waals surface area contributed by atoms with E-state index < -0.39 is 9.85 Å². The number of anilines is 1. The van der Waals surface area contributed by atoms with Crippen molar-refractivity contribution in [1.82, 2.24) is 0 Å². The summed E-state index contributed by atoms with van der Waals surface area (Å²) < 4.78 is 0. The van der Waals surface area contributed by atoms with Crippen molar-refractivity contribution in [3.05, 3.63) is 73.8 Å². The maximum absolute atomic E-state index is 11.1. The number of hydrogen-bond donors (Lipinski definition) is 1. The fourth-order valence-corrected chi connectivity index (χ4v) is 2.72. The fourth-order valence-electron chi connectivity index (χ4n) is 2.72. The molecule has 8 heteroatoms. The van der Waals surface area contributed by atoms with Crippen molar-refractivity contribution in [2.45, 2.75) is 19.3 Å². The van der Waals surface area contributed by atoms with Gasteiger partial charge in [-0.1, -0.05) is 24.3 Å². The molecule has 0 atom stereocenters. The van der Waals surface area contributed by atoms with E-state index in [1.165, 1.54) is 17.7 Å². The van der Waals surface area contributed by atoms with E-state index in [4.69, 9.17) is 0 Å². The van der Waals surface area contributed by atoms with Gasteiger partial charge in [0.15, 0.2) is 0 Å². The second-order valence-electron chi connectivity index (χ2n) is 5.40. The molecule has 0 radical (unpaired) electrons. The van der Waals surface area contributed by atoms with E-state index in [0.29, 0.717) is 0 Å². The molecule has 8 nitrogen and oxygen atoms in total. The average Bonchev–Trinajstić information content (AvgIpc) is 2.59. The number of hydrogen-bond acceptors (Lipinski definition) is 6. The van der Waals surface area contributed by atoms with Crippen molar-refractivity contribution in [2.75, 3.05) is 5.43 Å². The van der Waals surface area contributed by atoms with E-state index in [1.807, 2.05) is 24.3 Å². The first-order chi connectivity index (χ1) is 11.6. The quantitative estimate of drug-likeness (QED) is 0.681. The normalized spacial score (nSPS) is 14.9. The van der Waals surface area contributed by atoms with Gasteiger partial charge in [-0.25, -0.2) is 0 Å². The first-order valence-corrected chi connectivity index (χ1v) is 7.40. The predicted molar refractivity (Wildman–Crippen MR) is 89.3 cm³/mol. The van der Waals surface area contributed by atoms with Crippen LogP contribution in [-0.2, 0) is 6.42 Å². The largest absolute Gasteiger partial charge is 0.301 e. The lowest BCUT2D eigenvalue weighted by atomic mass is 9.90. The predicted octanol–water partition coefficient (Wildman–Crippen LogP) is 3.66. The zero-order chi connectivity index (χ0) is 17.1. The van der Waals surface area contributed by atoms with Crippen LogP contribution in [0, 0.1) is 20.2 Å². The van der Waals surface area contributed by atoms with Crippen molar-refractivity contribution < 1.29 is 9.85 Å². The van der Waals surface area contributed by atoms with Crippen LogP contribution in [0.2, 0.25) is 0 Å². The molecule has 0 heterocycles. The third-order valence-corrected chi connectivity index (χ3v) is 3.89. The topological polar surface area (TPSA) is 111 Å². The second kappa shape index (κ2) is 6.45. The highest BCUT2D eigenvalue weighted by molar-refractivity contribution is 6.03. The van der Waals surface area contributed by atoms with Crippen molar-refractivity contribution >= 4 is 22.8 Å². The Balaban J connectivity index is 1.92. The SMILES string of the molecule is O=[N+]([O-])c1ccc(N/N=C2\CCCc3ccccc32)c([N+](=O)[O-])c1. The van der Waals surface area contributed by atoms with E-state index in [1.54, 1.807) is 0 Å². The van der Waals surface area contributed by atoms with Crippen LogP contribution in [0.15, 0.2) is 47.6 Å². The van der Waals surface area contributed by atoms with Gasteiger partial charge < -0.3 is 0 Å². The van der Waals surface area contributed by atoms with Crippen molar-refractivity contribution in [3.8, 4) is 0 Å². The van der Waals surface area contributed by atoms with Gasteiger partial charge in [-0.15, -0.1) is 0 Å². The third kappa shape index (κ3) is 3.07. The zero-order valence-electron chi connectivity index (χ0n) is 12.6. The van der Waals surface area contributed by atoms with Crippen LogP contribution in [0.5, 0.6) is 0 Å². The number of aryl methyl sites for hydroxylation is 1. The minimum Gasteiger partial charge on any atom is -0.271 e. The van der Waals surface area contributed by atoms with Gasteiger partial charge in [-0.05, 0) is 30.9 Å². The van der Waals surface area contributed by atoms with Gasteiger partial charge in [-0.2, -0.15) is 5.10 Å². The minimum absolute atomic E-state index is 0.126. The van der Waals surface area contributed by atoms with Gasteiger partial charge in [0.2, 0.25) is 0 Å². The van der Waals surface area contributed by atoms with Crippen LogP contribution in [0.3, 0.4) is 0 Å². The summed E-state index contributed by atoms with van der Waals surface area (Å²) in [5.41, 5.74) is 5.16. The molecule has 0 amide bonds. The van der Waals surface area contributed by atoms with Gasteiger partial charge in [0.05, 0.1) is 21.6 Å². The van der Waals surface area contributed by atoms with E-state index >= 15 is 0 Å². The van der Waals surface area contributed by atoms with Crippen LogP contribution in [-0.4, -0.2) is 15.6 Å². The van der Waals surface area contributed by atoms with Crippen LogP contribution >= 0.6 is 0 Å². The maximum Gasteiger partial charge on any atom is 0.301 e. The van der Waals surface area contributed by atoms with E-state index in [0.717, 1.165) is 36.6 Å². The first kappa shape index (κ1) is 15.6. The Morgan fingerprint density at radius 2 is 1.79 bits per heavy atom. The number of nitro benzene ring substituents is 2.